The number of fused-ring (bicyclic) bond motifs is 2. The summed E-state index contributed by atoms with van der Waals surface area (Å²) in [5.41, 5.74) is 3.42. The number of nitrogens with zero attached hydrogens (tertiary/aromatic N) is 6. The van der Waals surface area contributed by atoms with E-state index in [1.54, 1.807) is 45.8 Å². The van der Waals surface area contributed by atoms with Gasteiger partial charge < -0.3 is 34.5 Å². The molecular weight excluding hydrogens is 908 g/mol. The number of aromatic nitrogens is 6. The lowest BCUT2D eigenvalue weighted by Gasteiger charge is -2.15. The van der Waals surface area contributed by atoms with Crippen LogP contribution in [0.4, 0.5) is 20.3 Å². The minimum atomic E-state index is -1.30. The third-order valence-electron chi connectivity index (χ3n) is 10.2. The molecule has 3 N–H and O–H groups in total. The molecule has 20 heteroatoms. The van der Waals surface area contributed by atoms with Gasteiger partial charge in [0.25, 0.3) is 0 Å². The van der Waals surface area contributed by atoms with Gasteiger partial charge in [-0.25, -0.2) is 37.7 Å². The molecule has 4 aromatic heterocycles. The molecule has 7 rings (SSSR count). The van der Waals surface area contributed by atoms with Gasteiger partial charge in [0.15, 0.2) is 11.3 Å². The average Bonchev–Trinajstić information content (AvgIpc) is 3.81. The van der Waals surface area contributed by atoms with Gasteiger partial charge in [-0.1, -0.05) is 50.9 Å². The lowest BCUT2D eigenvalue weighted by Crippen LogP contribution is -2.22. The Morgan fingerprint density at radius 3 is 1.61 bits per heavy atom. The van der Waals surface area contributed by atoms with E-state index in [1.165, 1.54) is 38.5 Å². The Kier molecular flexibility index (Phi) is 15.6. The molecule has 348 valence electrons. The molecule has 0 saturated carbocycles. The summed E-state index contributed by atoms with van der Waals surface area (Å²) in [6.45, 7) is 15.2. The molecular formula is C46H52ClF2N7O8Si2. The SMILES string of the molecule is COc1ccc(C(=O)O)cc1-c1nn(COCC[Si](C)(C)C)c2nc(Cl)ccc12.COc1ccc(C(=O)O)cc1-c1nn(COCC[Si](C)(C)C)c2nc(Nc3ccc(F)cc3F)ccc12. The van der Waals surface area contributed by atoms with E-state index < -0.39 is 39.7 Å². The number of carbonyl (C=O) groups is 2. The number of ether oxygens (including phenoxy) is 4. The number of aromatic carboxylic acids is 2. The Labute approximate surface area is 387 Å². The van der Waals surface area contributed by atoms with Crippen LogP contribution in [0.3, 0.4) is 0 Å². The average molecular weight is 961 g/mol. The molecule has 0 aliphatic rings. The number of hydrogen-bond donors (Lipinski definition) is 3. The van der Waals surface area contributed by atoms with Gasteiger partial charge >= 0.3 is 11.9 Å². The number of carboxylic acid groups (broad SMARTS) is 2. The monoisotopic (exact) mass is 959 g/mol. The standard InChI is InChI=1S/C26H28F2N4O4Si.C20H24ClN3O4Si/c1-35-22-9-5-16(26(33)34)13-19(22)24-18-7-10-23(29-21-8-6-17(27)14-20(21)28)30-25(18)32(31-24)15-36-11-12-37(2,3)4;1-27-16-7-5-13(20(25)26)11-15(16)18-14-6-8-17(21)22-19(14)24(23-18)12-28-9-10-29(2,3)4/h5-10,13-14H,11-12,15H2,1-4H3,(H,29,30)(H,33,34);5-8,11H,9-10,12H2,1-4H3,(H,25,26). The molecule has 0 bridgehead atoms. The molecule has 0 aliphatic heterocycles. The van der Waals surface area contributed by atoms with Gasteiger partial charge in [0, 0.05) is 57.3 Å². The van der Waals surface area contributed by atoms with E-state index in [4.69, 9.17) is 35.6 Å². The summed E-state index contributed by atoms with van der Waals surface area (Å²) in [6.07, 6.45) is 0. The molecule has 7 aromatic rings. The summed E-state index contributed by atoms with van der Waals surface area (Å²) in [6, 6.07) is 21.3. The highest BCUT2D eigenvalue weighted by Crippen LogP contribution is 2.37. The Hall–Kier alpha value is -6.26. The number of halogens is 3. The summed E-state index contributed by atoms with van der Waals surface area (Å²) >= 11 is 6.10. The maximum atomic E-state index is 14.2. The molecule has 0 fully saturated rings. The largest absolute Gasteiger partial charge is 0.496 e. The van der Waals surface area contributed by atoms with Crippen molar-refractivity contribution in [2.24, 2.45) is 0 Å². The third kappa shape index (κ3) is 12.3. The molecule has 0 radical (unpaired) electrons. The molecule has 4 heterocycles. The van der Waals surface area contributed by atoms with Crippen molar-refractivity contribution < 1.29 is 47.5 Å². The first kappa shape index (κ1) is 49.2. The lowest BCUT2D eigenvalue weighted by molar-refractivity contribution is 0.0686. The molecule has 15 nitrogen and oxygen atoms in total. The Balaban J connectivity index is 0.000000225. The first-order valence-electron chi connectivity index (χ1n) is 20.9. The lowest BCUT2D eigenvalue weighted by atomic mass is 10.0. The van der Waals surface area contributed by atoms with Crippen molar-refractivity contribution in [2.45, 2.75) is 64.8 Å². The predicted octanol–water partition coefficient (Wildman–Crippen LogP) is 10.9. The Morgan fingerprint density at radius 2 is 1.15 bits per heavy atom. The number of hydrogen-bond acceptors (Lipinski definition) is 11. The Morgan fingerprint density at radius 1 is 0.667 bits per heavy atom. The minimum absolute atomic E-state index is 0.0711. The van der Waals surface area contributed by atoms with Gasteiger partial charge in [-0.05, 0) is 84.9 Å². The topological polar surface area (TPSA) is 185 Å². The van der Waals surface area contributed by atoms with Crippen LogP contribution < -0.4 is 14.8 Å². The van der Waals surface area contributed by atoms with Gasteiger partial charge in [0.1, 0.15) is 59.0 Å². The highest BCUT2D eigenvalue weighted by Gasteiger charge is 2.22. The van der Waals surface area contributed by atoms with E-state index in [9.17, 15) is 28.6 Å². The number of benzene rings is 3. The number of pyridine rings is 2. The quantitative estimate of drug-likeness (QED) is 0.0420. The van der Waals surface area contributed by atoms with E-state index in [-0.39, 0.29) is 30.3 Å². The van der Waals surface area contributed by atoms with Crippen LogP contribution in [0.15, 0.2) is 78.9 Å². The smallest absolute Gasteiger partial charge is 0.335 e. The van der Waals surface area contributed by atoms with Gasteiger partial charge in [0.2, 0.25) is 0 Å². The summed E-state index contributed by atoms with van der Waals surface area (Å²) < 4.78 is 53.4. The van der Waals surface area contributed by atoms with Crippen LogP contribution in [-0.4, -0.2) is 95.3 Å². The van der Waals surface area contributed by atoms with Crippen molar-refractivity contribution in [3.63, 3.8) is 0 Å². The number of nitrogens with one attached hydrogen (secondary N) is 1. The van der Waals surface area contributed by atoms with Gasteiger partial charge in [-0.15, -0.1) is 0 Å². The summed E-state index contributed by atoms with van der Waals surface area (Å²) in [7, 11) is 0.530. The summed E-state index contributed by atoms with van der Waals surface area (Å²) in [5, 5.41) is 32.8. The maximum Gasteiger partial charge on any atom is 0.335 e. The molecule has 0 unspecified atom stereocenters. The number of rotatable bonds is 18. The minimum Gasteiger partial charge on any atom is -0.496 e. The van der Waals surface area contributed by atoms with Gasteiger partial charge in [-0.2, -0.15) is 10.2 Å². The van der Waals surface area contributed by atoms with Crippen LogP contribution in [0.5, 0.6) is 11.5 Å². The van der Waals surface area contributed by atoms with Crippen molar-refractivity contribution in [3.05, 3.63) is 107 Å². The van der Waals surface area contributed by atoms with E-state index >= 15 is 0 Å². The number of carboxylic acids is 2. The zero-order valence-corrected chi connectivity index (χ0v) is 40.7. The molecule has 3 aromatic carbocycles. The van der Waals surface area contributed by atoms with E-state index in [2.05, 4.69) is 59.7 Å². The third-order valence-corrected chi connectivity index (χ3v) is 13.8. The van der Waals surface area contributed by atoms with Crippen molar-refractivity contribution >= 4 is 73.3 Å². The number of methoxy groups -OCH3 is 2. The maximum absolute atomic E-state index is 14.2. The first-order valence-corrected chi connectivity index (χ1v) is 28.7. The normalized spacial score (nSPS) is 11.7. The molecule has 66 heavy (non-hydrogen) atoms. The second-order valence-corrected chi connectivity index (χ2v) is 29.3. The highest BCUT2D eigenvalue weighted by atomic mass is 35.5. The van der Waals surface area contributed by atoms with E-state index in [1.807, 2.05) is 6.07 Å². The number of anilines is 2. The summed E-state index contributed by atoms with van der Waals surface area (Å²) in [4.78, 5) is 32.1. The van der Waals surface area contributed by atoms with Gasteiger partial charge in [-0.3, -0.25) is 0 Å². The molecule has 0 amide bonds. The highest BCUT2D eigenvalue weighted by molar-refractivity contribution is 6.76. The first-order chi connectivity index (χ1) is 31.2. The summed E-state index contributed by atoms with van der Waals surface area (Å²) in [5.74, 6) is -2.23. The molecule has 0 atom stereocenters. The predicted molar refractivity (Wildman–Crippen MR) is 256 cm³/mol. The van der Waals surface area contributed by atoms with Crippen molar-refractivity contribution in [1.29, 1.82) is 0 Å². The molecule has 0 saturated heterocycles. The fraction of sp³-hybridized carbons (Fsp3) is 0.304. The van der Waals surface area contributed by atoms with Crippen LogP contribution in [0.1, 0.15) is 20.7 Å². The Bertz CT molecular complexity index is 2880. The van der Waals surface area contributed by atoms with Crippen LogP contribution in [0.25, 0.3) is 44.6 Å². The van der Waals surface area contributed by atoms with E-state index in [0.29, 0.717) is 74.9 Å². The molecule has 0 spiro atoms. The van der Waals surface area contributed by atoms with Crippen LogP contribution in [-0.2, 0) is 22.9 Å². The van der Waals surface area contributed by atoms with Gasteiger partial charge in [0.05, 0.1) is 31.0 Å². The van der Waals surface area contributed by atoms with Crippen molar-refractivity contribution in [3.8, 4) is 34.0 Å². The fourth-order valence-electron chi connectivity index (χ4n) is 6.57. The van der Waals surface area contributed by atoms with E-state index in [0.717, 1.165) is 29.6 Å². The second-order valence-electron chi connectivity index (χ2n) is 17.7. The van der Waals surface area contributed by atoms with Crippen molar-refractivity contribution in [2.75, 3.05) is 32.8 Å². The molecule has 0 aliphatic carbocycles. The second kappa shape index (κ2) is 20.9. The zero-order valence-electron chi connectivity index (χ0n) is 37.9. The van der Waals surface area contributed by atoms with Crippen LogP contribution in [0, 0.1) is 11.6 Å². The van der Waals surface area contributed by atoms with Crippen LogP contribution >= 0.6 is 11.6 Å². The van der Waals surface area contributed by atoms with Crippen LogP contribution in [0.2, 0.25) is 56.5 Å². The zero-order chi connectivity index (χ0) is 47.9. The van der Waals surface area contributed by atoms with Crippen molar-refractivity contribution in [1.82, 2.24) is 29.5 Å². The fourth-order valence-corrected chi connectivity index (χ4v) is 8.22.